The van der Waals surface area contributed by atoms with Gasteiger partial charge < -0.3 is 23.7 Å². The molecule has 2 aliphatic rings. The van der Waals surface area contributed by atoms with E-state index in [0.29, 0.717) is 6.61 Å². The van der Waals surface area contributed by atoms with Crippen LogP contribution in [0.1, 0.15) is 34.6 Å². The highest BCUT2D eigenvalue weighted by molar-refractivity contribution is 4.91. The molecule has 2 heterocycles. The van der Waals surface area contributed by atoms with Gasteiger partial charge in [0.05, 0.1) is 12.7 Å². The Hall–Kier alpha value is -0.200. The van der Waals surface area contributed by atoms with E-state index in [2.05, 4.69) is 0 Å². The summed E-state index contributed by atoms with van der Waals surface area (Å²) < 4.78 is 28.7. The van der Waals surface area contributed by atoms with Crippen molar-refractivity contribution in [3.63, 3.8) is 0 Å². The lowest BCUT2D eigenvalue weighted by Gasteiger charge is -2.29. The van der Waals surface area contributed by atoms with Gasteiger partial charge in [0.25, 0.3) is 0 Å². The van der Waals surface area contributed by atoms with E-state index in [1.807, 2.05) is 34.6 Å². The Morgan fingerprint density at radius 3 is 2.11 bits per heavy atom. The highest BCUT2D eigenvalue weighted by Gasteiger charge is 2.49. The first-order valence-electron chi connectivity index (χ1n) is 6.44. The maximum atomic E-state index is 5.91. The molecular formula is C13H24O5. The second-order valence-corrected chi connectivity index (χ2v) is 5.87. The molecule has 106 valence electrons. The molecule has 0 N–H and O–H groups in total. The molecule has 4 unspecified atom stereocenters. The summed E-state index contributed by atoms with van der Waals surface area (Å²) in [6.07, 6.45) is -0.497. The molecule has 0 amide bonds. The van der Waals surface area contributed by atoms with Gasteiger partial charge in [-0.25, -0.2) is 0 Å². The van der Waals surface area contributed by atoms with Gasteiger partial charge in [-0.3, -0.25) is 0 Å². The molecule has 0 radical (unpaired) electrons. The molecule has 5 nitrogen and oxygen atoms in total. The van der Waals surface area contributed by atoms with Crippen molar-refractivity contribution in [3.05, 3.63) is 0 Å². The Morgan fingerprint density at radius 1 is 1.06 bits per heavy atom. The summed E-state index contributed by atoms with van der Waals surface area (Å²) in [5.74, 6) is -1.13. The van der Waals surface area contributed by atoms with Crippen molar-refractivity contribution in [1.82, 2.24) is 0 Å². The Morgan fingerprint density at radius 2 is 1.72 bits per heavy atom. The van der Waals surface area contributed by atoms with E-state index in [1.165, 1.54) is 0 Å². The van der Waals surface area contributed by atoms with Crippen molar-refractivity contribution in [1.29, 1.82) is 0 Å². The lowest BCUT2D eigenvalue weighted by atomic mass is 10.0. The Kier molecular flexibility index (Phi) is 3.73. The molecule has 2 saturated heterocycles. The molecule has 0 saturated carbocycles. The second kappa shape index (κ2) is 4.72. The van der Waals surface area contributed by atoms with Crippen molar-refractivity contribution in [3.8, 4) is 0 Å². The number of methoxy groups -OCH3 is 1. The summed E-state index contributed by atoms with van der Waals surface area (Å²) in [4.78, 5) is 0. The summed E-state index contributed by atoms with van der Waals surface area (Å²) >= 11 is 0. The van der Waals surface area contributed by atoms with Crippen LogP contribution in [0.15, 0.2) is 0 Å². The average Bonchev–Trinajstić information content (AvgIpc) is 2.69. The molecule has 18 heavy (non-hydrogen) atoms. The summed E-state index contributed by atoms with van der Waals surface area (Å²) in [5.41, 5.74) is 0. The van der Waals surface area contributed by atoms with Crippen LogP contribution in [0.4, 0.5) is 0 Å². The number of rotatable bonds is 3. The molecule has 0 aromatic carbocycles. The maximum Gasteiger partial charge on any atom is 0.163 e. The van der Waals surface area contributed by atoms with Crippen molar-refractivity contribution >= 4 is 0 Å². The third-order valence-corrected chi connectivity index (χ3v) is 3.35. The molecular weight excluding hydrogens is 236 g/mol. The summed E-state index contributed by atoms with van der Waals surface area (Å²) in [6.45, 7) is 10.1. The van der Waals surface area contributed by atoms with Gasteiger partial charge in [0.2, 0.25) is 0 Å². The molecule has 5 heteroatoms. The lowest BCUT2D eigenvalue weighted by molar-refractivity contribution is -0.183. The standard InChI is InChI=1S/C13H24O5/c1-8-10(18-13(4,5)16-8)11(14-6)9-7-15-12(2,3)17-9/h8-11H,7H2,1-6H3. The van der Waals surface area contributed by atoms with Gasteiger partial charge in [-0.05, 0) is 34.6 Å². The van der Waals surface area contributed by atoms with Gasteiger partial charge in [0.1, 0.15) is 18.3 Å². The van der Waals surface area contributed by atoms with Gasteiger partial charge in [0, 0.05) is 7.11 Å². The fourth-order valence-corrected chi connectivity index (χ4v) is 2.68. The Labute approximate surface area is 109 Å². The van der Waals surface area contributed by atoms with Crippen LogP contribution in [0.3, 0.4) is 0 Å². The van der Waals surface area contributed by atoms with Crippen LogP contribution in [0.5, 0.6) is 0 Å². The first-order valence-corrected chi connectivity index (χ1v) is 6.44. The molecule has 0 bridgehead atoms. The Balaban J connectivity index is 2.06. The minimum Gasteiger partial charge on any atom is -0.376 e. The van der Waals surface area contributed by atoms with Crippen LogP contribution in [-0.2, 0) is 23.7 Å². The van der Waals surface area contributed by atoms with Crippen molar-refractivity contribution in [2.24, 2.45) is 0 Å². The highest BCUT2D eigenvalue weighted by atomic mass is 16.8. The van der Waals surface area contributed by atoms with Crippen LogP contribution in [-0.4, -0.2) is 49.7 Å². The quantitative estimate of drug-likeness (QED) is 0.773. The van der Waals surface area contributed by atoms with E-state index < -0.39 is 11.6 Å². The zero-order valence-electron chi connectivity index (χ0n) is 12.1. The smallest absolute Gasteiger partial charge is 0.163 e. The molecule has 2 rings (SSSR count). The maximum absolute atomic E-state index is 5.91. The first kappa shape index (κ1) is 14.2. The largest absolute Gasteiger partial charge is 0.376 e. The predicted molar refractivity (Wildman–Crippen MR) is 65.2 cm³/mol. The van der Waals surface area contributed by atoms with Crippen LogP contribution < -0.4 is 0 Å². The Bertz CT molecular complexity index is 302. The number of hydrogen-bond donors (Lipinski definition) is 0. The van der Waals surface area contributed by atoms with Gasteiger partial charge >= 0.3 is 0 Å². The minimum atomic E-state index is -0.574. The van der Waals surface area contributed by atoms with Crippen LogP contribution in [0, 0.1) is 0 Å². The van der Waals surface area contributed by atoms with E-state index in [-0.39, 0.29) is 24.4 Å². The SMILES string of the molecule is COC(C1COC(C)(C)O1)C1OC(C)(C)OC1C. The van der Waals surface area contributed by atoms with Crippen LogP contribution >= 0.6 is 0 Å². The first-order chi connectivity index (χ1) is 8.24. The van der Waals surface area contributed by atoms with Gasteiger partial charge in [0.15, 0.2) is 11.6 Å². The monoisotopic (exact) mass is 260 g/mol. The van der Waals surface area contributed by atoms with E-state index in [1.54, 1.807) is 7.11 Å². The normalized spacial score (nSPS) is 40.0. The van der Waals surface area contributed by atoms with E-state index in [9.17, 15) is 0 Å². The van der Waals surface area contributed by atoms with Gasteiger partial charge in [-0.1, -0.05) is 0 Å². The summed E-state index contributed by atoms with van der Waals surface area (Å²) in [7, 11) is 1.67. The minimum absolute atomic E-state index is 0.0303. The lowest BCUT2D eigenvalue weighted by Crippen LogP contribution is -2.45. The topological polar surface area (TPSA) is 46.2 Å². The van der Waals surface area contributed by atoms with E-state index in [0.717, 1.165) is 0 Å². The molecule has 0 aromatic rings. The third kappa shape index (κ3) is 2.86. The van der Waals surface area contributed by atoms with Crippen molar-refractivity contribution in [2.75, 3.05) is 13.7 Å². The molecule has 2 fully saturated rings. The van der Waals surface area contributed by atoms with Gasteiger partial charge in [-0.2, -0.15) is 0 Å². The van der Waals surface area contributed by atoms with Crippen molar-refractivity contribution < 1.29 is 23.7 Å². The van der Waals surface area contributed by atoms with E-state index >= 15 is 0 Å². The van der Waals surface area contributed by atoms with Crippen LogP contribution in [0.25, 0.3) is 0 Å². The zero-order chi connectivity index (χ0) is 13.6. The average molecular weight is 260 g/mol. The fourth-order valence-electron chi connectivity index (χ4n) is 2.68. The third-order valence-electron chi connectivity index (χ3n) is 3.35. The molecule has 2 aliphatic heterocycles. The second-order valence-electron chi connectivity index (χ2n) is 5.87. The molecule has 4 atom stereocenters. The number of ether oxygens (including phenoxy) is 5. The molecule has 0 aliphatic carbocycles. The number of hydrogen-bond acceptors (Lipinski definition) is 5. The van der Waals surface area contributed by atoms with Crippen molar-refractivity contribution in [2.45, 2.75) is 70.6 Å². The summed E-state index contributed by atoms with van der Waals surface area (Å²) in [5, 5.41) is 0. The molecule has 0 spiro atoms. The molecule has 0 aromatic heterocycles. The zero-order valence-corrected chi connectivity index (χ0v) is 12.1. The predicted octanol–water partition coefficient (Wildman–Crippen LogP) is 1.69. The van der Waals surface area contributed by atoms with Gasteiger partial charge in [-0.15, -0.1) is 0 Å². The van der Waals surface area contributed by atoms with Crippen LogP contribution in [0.2, 0.25) is 0 Å². The summed E-state index contributed by atoms with van der Waals surface area (Å²) in [6, 6.07) is 0. The van der Waals surface area contributed by atoms with E-state index in [4.69, 9.17) is 23.7 Å². The fraction of sp³-hybridized carbons (Fsp3) is 1.00. The highest BCUT2D eigenvalue weighted by Crippen LogP contribution is 2.34.